The zero-order valence-corrected chi connectivity index (χ0v) is 18.6. The summed E-state index contributed by atoms with van der Waals surface area (Å²) in [6, 6.07) is 27.9. The van der Waals surface area contributed by atoms with Gasteiger partial charge in [0.25, 0.3) is 5.91 Å². The number of hydrogen-bond acceptors (Lipinski definition) is 3. The van der Waals surface area contributed by atoms with Crippen molar-refractivity contribution >= 4 is 40.2 Å². The predicted molar refractivity (Wildman–Crippen MR) is 138 cm³/mol. The number of hydrogen-bond donors (Lipinski definition) is 3. The highest BCUT2D eigenvalue weighted by molar-refractivity contribution is 6.22. The highest BCUT2D eigenvalue weighted by Crippen LogP contribution is 2.29. The van der Waals surface area contributed by atoms with Gasteiger partial charge in [-0.2, -0.15) is 0 Å². The summed E-state index contributed by atoms with van der Waals surface area (Å²) in [6.07, 6.45) is 4.87. The number of carbonyl (C=O) groups is 2. The summed E-state index contributed by atoms with van der Waals surface area (Å²) in [6.45, 7) is 0. The van der Waals surface area contributed by atoms with Crippen LogP contribution in [0.1, 0.15) is 21.5 Å². The van der Waals surface area contributed by atoms with Gasteiger partial charge in [-0.05, 0) is 41.0 Å². The number of nitrogens with zero attached hydrogens (tertiary/aromatic N) is 1. The predicted octanol–water partition coefficient (Wildman–Crippen LogP) is 6.11. The first kappa shape index (κ1) is 21.9. The molecule has 2 heterocycles. The molecule has 0 fully saturated rings. The van der Waals surface area contributed by atoms with Crippen LogP contribution in [0.25, 0.3) is 33.8 Å². The van der Waals surface area contributed by atoms with Gasteiger partial charge in [0, 0.05) is 28.9 Å². The molecule has 0 saturated carbocycles. The molecule has 0 radical (unpaired) electrons. The molecular weight excluding hydrogens is 438 g/mol. The lowest BCUT2D eigenvalue weighted by Crippen LogP contribution is -2.12. The number of H-pyrrole nitrogens is 1. The maximum Gasteiger partial charge on any atom is 0.336 e. The van der Waals surface area contributed by atoms with Crippen LogP contribution in [0.5, 0.6) is 0 Å². The van der Waals surface area contributed by atoms with E-state index in [1.165, 1.54) is 0 Å². The third-order valence-electron chi connectivity index (χ3n) is 5.72. The van der Waals surface area contributed by atoms with Crippen molar-refractivity contribution < 1.29 is 14.7 Å². The van der Waals surface area contributed by atoms with E-state index in [0.29, 0.717) is 33.4 Å². The Morgan fingerprint density at radius 3 is 2.14 bits per heavy atom. The average Bonchev–Trinajstić information content (AvgIpc) is 3.32. The Morgan fingerprint density at radius 2 is 1.46 bits per heavy atom. The van der Waals surface area contributed by atoms with E-state index < -0.39 is 5.97 Å². The highest BCUT2D eigenvalue weighted by atomic mass is 16.4. The standard InChI is InChI=1S/C29H21N3O3/c33-28(22-13-11-20(12-14-22)19-7-3-1-4-8-19)32-25-15-16-30-27-26(25)23(18-31-27)17-24(29(34)35)21-9-5-2-6-10-21/h1-18H,(H,34,35)(H2,30,31,32,33)/b24-17+. The number of anilines is 1. The smallest absolute Gasteiger partial charge is 0.336 e. The quantitative estimate of drug-likeness (QED) is 0.267. The molecule has 0 aliphatic heterocycles. The first-order valence-corrected chi connectivity index (χ1v) is 11.0. The Balaban J connectivity index is 1.47. The third-order valence-corrected chi connectivity index (χ3v) is 5.72. The number of rotatable bonds is 6. The second-order valence-electron chi connectivity index (χ2n) is 7.95. The van der Waals surface area contributed by atoms with Crippen molar-refractivity contribution in [3.05, 3.63) is 120 Å². The second kappa shape index (κ2) is 9.49. The van der Waals surface area contributed by atoms with Gasteiger partial charge >= 0.3 is 5.97 Å². The van der Waals surface area contributed by atoms with E-state index in [1.54, 1.807) is 60.9 Å². The summed E-state index contributed by atoms with van der Waals surface area (Å²) < 4.78 is 0. The zero-order valence-electron chi connectivity index (χ0n) is 18.6. The topological polar surface area (TPSA) is 95.1 Å². The molecule has 0 aliphatic carbocycles. The highest BCUT2D eigenvalue weighted by Gasteiger charge is 2.16. The van der Waals surface area contributed by atoms with Crippen LogP contribution in [0.4, 0.5) is 5.69 Å². The molecule has 3 N–H and O–H groups in total. The number of aliphatic carboxylic acids is 1. The summed E-state index contributed by atoms with van der Waals surface area (Å²) in [7, 11) is 0. The minimum absolute atomic E-state index is 0.143. The molecule has 0 atom stereocenters. The van der Waals surface area contributed by atoms with Crippen LogP contribution in [-0.4, -0.2) is 27.0 Å². The monoisotopic (exact) mass is 459 g/mol. The molecule has 1 amide bonds. The molecule has 170 valence electrons. The number of benzene rings is 3. The molecule has 6 nitrogen and oxygen atoms in total. The van der Waals surface area contributed by atoms with Crippen molar-refractivity contribution in [2.45, 2.75) is 0 Å². The fourth-order valence-electron chi connectivity index (χ4n) is 3.98. The number of carbonyl (C=O) groups excluding carboxylic acids is 1. The lowest BCUT2D eigenvalue weighted by molar-refractivity contribution is -0.130. The van der Waals surface area contributed by atoms with E-state index in [0.717, 1.165) is 11.1 Å². The van der Waals surface area contributed by atoms with Crippen molar-refractivity contribution in [1.29, 1.82) is 0 Å². The molecule has 2 aromatic heterocycles. The molecule has 5 rings (SSSR count). The van der Waals surface area contributed by atoms with E-state index in [2.05, 4.69) is 15.3 Å². The maximum absolute atomic E-state index is 13.0. The minimum atomic E-state index is -1.04. The number of amides is 1. The van der Waals surface area contributed by atoms with E-state index in [1.807, 2.05) is 48.5 Å². The van der Waals surface area contributed by atoms with Gasteiger partial charge < -0.3 is 15.4 Å². The molecule has 35 heavy (non-hydrogen) atoms. The number of pyridine rings is 1. The van der Waals surface area contributed by atoms with Crippen molar-refractivity contribution in [3.8, 4) is 11.1 Å². The van der Waals surface area contributed by atoms with Crippen molar-refractivity contribution in [3.63, 3.8) is 0 Å². The SMILES string of the molecule is O=C(O)/C(=C/c1c[nH]c2nccc(NC(=O)c3ccc(-c4ccccc4)cc3)c12)c1ccccc1. The van der Waals surface area contributed by atoms with E-state index >= 15 is 0 Å². The molecule has 0 unspecified atom stereocenters. The van der Waals surface area contributed by atoms with Gasteiger partial charge in [-0.25, -0.2) is 9.78 Å². The number of carboxylic acids is 1. The molecule has 0 saturated heterocycles. The third kappa shape index (κ3) is 4.58. The number of aromatic amines is 1. The Kier molecular flexibility index (Phi) is 5.92. The lowest BCUT2D eigenvalue weighted by atomic mass is 10.0. The number of carboxylic acid groups (broad SMARTS) is 1. The van der Waals surface area contributed by atoms with Crippen LogP contribution in [0.15, 0.2) is 103 Å². The fourth-order valence-corrected chi connectivity index (χ4v) is 3.98. The molecular formula is C29H21N3O3. The molecule has 3 aromatic carbocycles. The van der Waals surface area contributed by atoms with E-state index in [-0.39, 0.29) is 11.5 Å². The fraction of sp³-hybridized carbons (Fsp3) is 0. The van der Waals surface area contributed by atoms with E-state index in [4.69, 9.17) is 0 Å². The first-order chi connectivity index (χ1) is 17.1. The number of fused-ring (bicyclic) bond motifs is 1. The number of nitrogens with one attached hydrogen (secondary N) is 2. The normalized spacial score (nSPS) is 11.4. The van der Waals surface area contributed by atoms with Crippen LogP contribution < -0.4 is 5.32 Å². The van der Waals surface area contributed by atoms with Gasteiger partial charge in [-0.1, -0.05) is 72.8 Å². The van der Waals surface area contributed by atoms with Gasteiger partial charge in [0.15, 0.2) is 0 Å². The molecule has 0 spiro atoms. The largest absolute Gasteiger partial charge is 0.478 e. The molecule has 5 aromatic rings. The van der Waals surface area contributed by atoms with Gasteiger partial charge in [0.2, 0.25) is 0 Å². The Hall–Kier alpha value is -4.97. The van der Waals surface area contributed by atoms with Crippen LogP contribution >= 0.6 is 0 Å². The Labute approximate surface area is 201 Å². The van der Waals surface area contributed by atoms with Gasteiger partial charge in [-0.3, -0.25) is 4.79 Å². The molecule has 0 bridgehead atoms. The molecule has 6 heteroatoms. The van der Waals surface area contributed by atoms with Crippen molar-refractivity contribution in [1.82, 2.24) is 9.97 Å². The van der Waals surface area contributed by atoms with E-state index in [9.17, 15) is 14.7 Å². The van der Waals surface area contributed by atoms with Gasteiger partial charge in [-0.15, -0.1) is 0 Å². The Bertz CT molecular complexity index is 1540. The summed E-state index contributed by atoms with van der Waals surface area (Å²) in [5, 5.41) is 13.4. The first-order valence-electron chi connectivity index (χ1n) is 11.0. The van der Waals surface area contributed by atoms with Gasteiger partial charge in [0.05, 0.1) is 11.3 Å². The van der Waals surface area contributed by atoms with Crippen LogP contribution in [0, 0.1) is 0 Å². The summed E-state index contributed by atoms with van der Waals surface area (Å²) in [4.78, 5) is 32.4. The summed E-state index contributed by atoms with van der Waals surface area (Å²) in [5.41, 5.74) is 5.04. The van der Waals surface area contributed by atoms with Crippen LogP contribution in [0.2, 0.25) is 0 Å². The minimum Gasteiger partial charge on any atom is -0.478 e. The second-order valence-corrected chi connectivity index (χ2v) is 7.95. The maximum atomic E-state index is 13.0. The van der Waals surface area contributed by atoms with Crippen molar-refractivity contribution in [2.75, 3.05) is 5.32 Å². The van der Waals surface area contributed by atoms with Crippen molar-refractivity contribution in [2.24, 2.45) is 0 Å². The lowest BCUT2D eigenvalue weighted by Gasteiger charge is -2.09. The van der Waals surface area contributed by atoms with Gasteiger partial charge in [0.1, 0.15) is 5.65 Å². The number of aromatic nitrogens is 2. The average molecular weight is 460 g/mol. The summed E-state index contributed by atoms with van der Waals surface area (Å²) in [5.74, 6) is -1.31. The molecule has 0 aliphatic rings. The van der Waals surface area contributed by atoms with Crippen LogP contribution in [0.3, 0.4) is 0 Å². The van der Waals surface area contributed by atoms with Crippen LogP contribution in [-0.2, 0) is 4.79 Å². The Morgan fingerprint density at radius 1 is 0.800 bits per heavy atom. The summed E-state index contributed by atoms with van der Waals surface area (Å²) >= 11 is 0. The zero-order chi connectivity index (χ0) is 24.2.